The maximum atomic E-state index is 13.3. The molecule has 1 atom stereocenters. The van der Waals surface area contributed by atoms with Crippen molar-refractivity contribution in [1.29, 1.82) is 0 Å². The van der Waals surface area contributed by atoms with Gasteiger partial charge in [-0.1, -0.05) is 49.4 Å². The van der Waals surface area contributed by atoms with E-state index in [1.165, 1.54) is 18.2 Å². The molecule has 1 unspecified atom stereocenters. The Morgan fingerprint density at radius 1 is 1.00 bits per heavy atom. The minimum absolute atomic E-state index is 0.0504. The smallest absolute Gasteiger partial charge is 0.337 e. The van der Waals surface area contributed by atoms with Gasteiger partial charge in [-0.15, -0.1) is 0 Å². The highest BCUT2D eigenvalue weighted by molar-refractivity contribution is 7.99. The molecule has 35 heavy (non-hydrogen) atoms. The zero-order valence-corrected chi connectivity index (χ0v) is 20.7. The summed E-state index contributed by atoms with van der Waals surface area (Å²) in [5.74, 6) is -0.537. The number of ether oxygens (including phenoxy) is 2. The number of nitro benzene ring substituents is 1. The number of allylic oxidation sites excluding steroid dienone is 2. The van der Waals surface area contributed by atoms with Gasteiger partial charge < -0.3 is 14.8 Å². The van der Waals surface area contributed by atoms with Crippen molar-refractivity contribution in [2.24, 2.45) is 0 Å². The summed E-state index contributed by atoms with van der Waals surface area (Å²) in [6.07, 6.45) is 0. The van der Waals surface area contributed by atoms with Crippen LogP contribution in [-0.2, 0) is 25.7 Å². The monoisotopic (exact) mass is 496 g/mol. The second-order valence-electron chi connectivity index (χ2n) is 7.88. The van der Waals surface area contributed by atoms with E-state index in [0.29, 0.717) is 22.7 Å². The SMILES string of the molecule is CCSCCOC(=O)C1=C(C)NC(C)=C(C(=O)OCc2ccccc2)C1c1cccc([N+](=O)[O-])c1. The molecule has 0 spiro atoms. The molecule has 1 aliphatic heterocycles. The Balaban J connectivity index is 1.99. The lowest BCUT2D eigenvalue weighted by molar-refractivity contribution is -0.384. The number of non-ortho nitro benzene ring substituents is 1. The lowest BCUT2D eigenvalue weighted by atomic mass is 9.80. The van der Waals surface area contributed by atoms with Crippen LogP contribution in [0.4, 0.5) is 5.69 Å². The van der Waals surface area contributed by atoms with E-state index < -0.39 is 22.8 Å². The van der Waals surface area contributed by atoms with Gasteiger partial charge in [0.15, 0.2) is 0 Å². The van der Waals surface area contributed by atoms with Gasteiger partial charge in [-0.25, -0.2) is 9.59 Å². The molecule has 1 aliphatic rings. The van der Waals surface area contributed by atoms with Crippen molar-refractivity contribution in [3.63, 3.8) is 0 Å². The number of carbonyl (C=O) groups is 2. The summed E-state index contributed by atoms with van der Waals surface area (Å²) >= 11 is 1.64. The van der Waals surface area contributed by atoms with Crippen molar-refractivity contribution in [2.45, 2.75) is 33.3 Å². The molecular formula is C26H28N2O6S. The number of rotatable bonds is 10. The van der Waals surface area contributed by atoms with Crippen LogP contribution in [0.15, 0.2) is 77.1 Å². The average molecular weight is 497 g/mol. The summed E-state index contributed by atoms with van der Waals surface area (Å²) in [7, 11) is 0. The molecule has 0 saturated heterocycles. The van der Waals surface area contributed by atoms with Crippen LogP contribution in [0.3, 0.4) is 0 Å². The third-order valence-electron chi connectivity index (χ3n) is 5.49. The summed E-state index contributed by atoms with van der Waals surface area (Å²) in [5.41, 5.74) is 2.57. The first-order valence-corrected chi connectivity index (χ1v) is 12.4. The van der Waals surface area contributed by atoms with Crippen molar-refractivity contribution in [1.82, 2.24) is 5.32 Å². The van der Waals surface area contributed by atoms with E-state index in [1.807, 2.05) is 37.3 Å². The molecule has 1 N–H and O–H groups in total. The highest BCUT2D eigenvalue weighted by Crippen LogP contribution is 2.40. The molecule has 0 aliphatic carbocycles. The number of benzene rings is 2. The van der Waals surface area contributed by atoms with E-state index in [4.69, 9.17) is 9.47 Å². The van der Waals surface area contributed by atoms with Crippen molar-refractivity contribution >= 4 is 29.4 Å². The van der Waals surface area contributed by atoms with Crippen molar-refractivity contribution in [3.05, 3.63) is 98.4 Å². The van der Waals surface area contributed by atoms with Gasteiger partial charge in [0.25, 0.3) is 5.69 Å². The number of esters is 2. The van der Waals surface area contributed by atoms with Crippen LogP contribution in [-0.4, -0.2) is 35.0 Å². The predicted molar refractivity (Wildman–Crippen MR) is 135 cm³/mol. The molecule has 2 aromatic rings. The van der Waals surface area contributed by atoms with Crippen molar-refractivity contribution in [2.75, 3.05) is 18.1 Å². The number of nitrogens with one attached hydrogen (secondary N) is 1. The van der Waals surface area contributed by atoms with Gasteiger partial charge in [0.1, 0.15) is 13.2 Å². The van der Waals surface area contributed by atoms with E-state index in [2.05, 4.69) is 5.32 Å². The molecule has 8 nitrogen and oxygen atoms in total. The lowest BCUT2D eigenvalue weighted by Gasteiger charge is -2.30. The molecule has 2 aromatic carbocycles. The van der Waals surface area contributed by atoms with Crippen LogP contribution in [0.5, 0.6) is 0 Å². The van der Waals surface area contributed by atoms with E-state index in [1.54, 1.807) is 31.7 Å². The molecule has 0 saturated carbocycles. The fourth-order valence-electron chi connectivity index (χ4n) is 3.90. The minimum atomic E-state index is -0.884. The van der Waals surface area contributed by atoms with Crippen LogP contribution in [0.1, 0.15) is 37.8 Å². The van der Waals surface area contributed by atoms with E-state index in [-0.39, 0.29) is 30.0 Å². The van der Waals surface area contributed by atoms with Crippen LogP contribution >= 0.6 is 11.8 Å². The maximum Gasteiger partial charge on any atom is 0.337 e. The molecule has 0 bridgehead atoms. The first-order chi connectivity index (χ1) is 16.8. The molecule has 1 heterocycles. The van der Waals surface area contributed by atoms with Gasteiger partial charge in [-0.3, -0.25) is 10.1 Å². The molecule has 0 radical (unpaired) electrons. The summed E-state index contributed by atoms with van der Waals surface area (Å²) in [4.78, 5) is 37.4. The minimum Gasteiger partial charge on any atom is -0.461 e. The molecule has 184 valence electrons. The third-order valence-corrected chi connectivity index (χ3v) is 6.36. The van der Waals surface area contributed by atoms with Gasteiger partial charge in [0.05, 0.1) is 22.0 Å². The first-order valence-electron chi connectivity index (χ1n) is 11.2. The Bertz CT molecular complexity index is 1160. The highest BCUT2D eigenvalue weighted by atomic mass is 32.2. The van der Waals surface area contributed by atoms with Gasteiger partial charge in [-0.2, -0.15) is 11.8 Å². The maximum absolute atomic E-state index is 13.3. The number of thioether (sulfide) groups is 1. The van der Waals surface area contributed by atoms with Crippen LogP contribution < -0.4 is 5.32 Å². The second-order valence-corrected chi connectivity index (χ2v) is 9.28. The Kier molecular flexibility index (Phi) is 9.08. The molecule has 0 aromatic heterocycles. The largest absolute Gasteiger partial charge is 0.461 e. The normalized spacial score (nSPS) is 15.5. The molecule has 9 heteroatoms. The quantitative estimate of drug-likeness (QED) is 0.215. The third kappa shape index (κ3) is 6.51. The van der Waals surface area contributed by atoms with E-state index in [9.17, 15) is 19.7 Å². The van der Waals surface area contributed by atoms with Gasteiger partial charge in [0.2, 0.25) is 0 Å². The van der Waals surface area contributed by atoms with E-state index >= 15 is 0 Å². The number of hydrogen-bond donors (Lipinski definition) is 1. The average Bonchev–Trinajstić information content (AvgIpc) is 2.85. The molecule has 0 fully saturated rings. The number of nitro groups is 1. The van der Waals surface area contributed by atoms with Gasteiger partial charge in [0, 0.05) is 29.3 Å². The standard InChI is InChI=1S/C26H28N2O6S/c1-4-35-14-13-33-25(29)22-17(2)27-18(3)23(26(30)34-16-19-9-6-5-7-10-19)24(22)20-11-8-12-21(15-20)28(31)32/h5-12,15,24,27H,4,13-14,16H2,1-3H3. The van der Waals surface area contributed by atoms with Crippen molar-refractivity contribution < 1.29 is 24.0 Å². The Labute approximate surface area is 208 Å². The second kappa shape index (κ2) is 12.2. The summed E-state index contributed by atoms with van der Waals surface area (Å²) in [6, 6.07) is 15.2. The Hall–Kier alpha value is -3.59. The number of nitrogens with zero attached hydrogens (tertiary/aromatic N) is 1. The number of dihydropyridines is 1. The lowest BCUT2D eigenvalue weighted by Crippen LogP contribution is -2.32. The van der Waals surface area contributed by atoms with Gasteiger partial charge >= 0.3 is 11.9 Å². The summed E-state index contributed by atoms with van der Waals surface area (Å²) < 4.78 is 11.1. The molecular weight excluding hydrogens is 468 g/mol. The zero-order chi connectivity index (χ0) is 25.4. The highest BCUT2D eigenvalue weighted by Gasteiger charge is 2.38. The first kappa shape index (κ1) is 26.0. The topological polar surface area (TPSA) is 108 Å². The zero-order valence-electron chi connectivity index (χ0n) is 19.9. The summed E-state index contributed by atoms with van der Waals surface area (Å²) in [5, 5.41) is 14.5. The summed E-state index contributed by atoms with van der Waals surface area (Å²) in [6.45, 7) is 5.72. The number of hydrogen-bond acceptors (Lipinski definition) is 8. The van der Waals surface area contributed by atoms with Gasteiger partial charge in [-0.05, 0) is 30.7 Å². The molecule has 3 rings (SSSR count). The Morgan fingerprint density at radius 3 is 2.29 bits per heavy atom. The van der Waals surface area contributed by atoms with Crippen LogP contribution in [0.25, 0.3) is 0 Å². The van der Waals surface area contributed by atoms with E-state index in [0.717, 1.165) is 11.3 Å². The van der Waals surface area contributed by atoms with Crippen molar-refractivity contribution in [3.8, 4) is 0 Å². The fraction of sp³-hybridized carbons (Fsp3) is 0.308. The molecule has 0 amide bonds. The van der Waals surface area contributed by atoms with Crippen LogP contribution in [0.2, 0.25) is 0 Å². The Morgan fingerprint density at radius 2 is 1.66 bits per heavy atom. The fourth-order valence-corrected chi connectivity index (χ4v) is 4.39. The van der Waals surface area contributed by atoms with Crippen LogP contribution in [0, 0.1) is 10.1 Å². The number of carbonyl (C=O) groups excluding carboxylic acids is 2. The predicted octanol–water partition coefficient (Wildman–Crippen LogP) is 4.87.